The van der Waals surface area contributed by atoms with Crippen LogP contribution >= 0.6 is 11.3 Å². The molecule has 0 spiro atoms. The highest BCUT2D eigenvalue weighted by Gasteiger charge is 2.18. The number of aromatic nitrogens is 3. The molecule has 0 saturated heterocycles. The Labute approximate surface area is 118 Å². The first-order valence-electron chi connectivity index (χ1n) is 5.86. The predicted molar refractivity (Wildman–Crippen MR) is 74.1 cm³/mol. The van der Waals surface area contributed by atoms with Gasteiger partial charge in [0.15, 0.2) is 5.65 Å². The van der Waals surface area contributed by atoms with Gasteiger partial charge >= 0.3 is 5.97 Å². The largest absolute Gasteiger partial charge is 0.486 e. The summed E-state index contributed by atoms with van der Waals surface area (Å²) in [6.07, 6.45) is 2.87. The highest BCUT2D eigenvalue weighted by atomic mass is 32.1. The van der Waals surface area contributed by atoms with Crippen LogP contribution in [0.15, 0.2) is 29.9 Å². The molecule has 6 nitrogen and oxygen atoms in total. The van der Waals surface area contributed by atoms with Gasteiger partial charge in [-0.05, 0) is 11.4 Å². The molecule has 0 aliphatic carbocycles. The minimum Gasteiger partial charge on any atom is -0.486 e. The van der Waals surface area contributed by atoms with E-state index in [0.29, 0.717) is 23.4 Å². The maximum absolute atomic E-state index is 11.3. The number of carbonyl (C=O) groups is 1. The summed E-state index contributed by atoms with van der Waals surface area (Å²) in [7, 11) is 1.75. The molecule has 0 saturated carbocycles. The Kier molecular flexibility index (Phi) is 3.11. The Morgan fingerprint density at radius 1 is 1.50 bits per heavy atom. The van der Waals surface area contributed by atoms with Crippen LogP contribution in [0.2, 0.25) is 0 Å². The Bertz CT molecular complexity index is 765. The molecule has 0 aromatic carbocycles. The van der Waals surface area contributed by atoms with Crippen LogP contribution in [0.5, 0.6) is 5.75 Å². The molecule has 0 radical (unpaired) electrons. The van der Waals surface area contributed by atoms with Crippen molar-refractivity contribution < 1.29 is 14.6 Å². The van der Waals surface area contributed by atoms with Crippen molar-refractivity contribution in [3.8, 4) is 5.75 Å². The topological polar surface area (TPSA) is 77.2 Å². The highest BCUT2D eigenvalue weighted by Crippen LogP contribution is 2.29. The summed E-state index contributed by atoms with van der Waals surface area (Å²) in [4.78, 5) is 16.4. The van der Waals surface area contributed by atoms with Gasteiger partial charge in [-0.1, -0.05) is 6.07 Å². The van der Waals surface area contributed by atoms with Crippen molar-refractivity contribution in [2.75, 3.05) is 0 Å². The first-order chi connectivity index (χ1) is 9.66. The van der Waals surface area contributed by atoms with Crippen molar-refractivity contribution >= 4 is 28.3 Å². The monoisotopic (exact) mass is 289 g/mol. The van der Waals surface area contributed by atoms with Crippen LogP contribution in [0, 0.1) is 0 Å². The van der Waals surface area contributed by atoms with Crippen LogP contribution in [-0.2, 0) is 13.7 Å². The summed E-state index contributed by atoms with van der Waals surface area (Å²) in [6.45, 7) is 0.325. The lowest BCUT2D eigenvalue weighted by Gasteiger charge is -2.09. The van der Waals surface area contributed by atoms with E-state index < -0.39 is 5.97 Å². The fourth-order valence-electron chi connectivity index (χ4n) is 1.92. The van der Waals surface area contributed by atoms with Crippen molar-refractivity contribution in [1.29, 1.82) is 0 Å². The first-order valence-corrected chi connectivity index (χ1v) is 6.74. The molecular weight excluding hydrogens is 278 g/mol. The number of carboxylic acid groups (broad SMARTS) is 1. The molecule has 0 bridgehead atoms. The van der Waals surface area contributed by atoms with Gasteiger partial charge in [0.25, 0.3) is 0 Å². The molecule has 0 unspecified atom stereocenters. The average Bonchev–Trinajstić information content (AvgIpc) is 3.06. The van der Waals surface area contributed by atoms with E-state index in [1.54, 1.807) is 29.3 Å². The van der Waals surface area contributed by atoms with Gasteiger partial charge in [0.1, 0.15) is 17.9 Å². The quantitative estimate of drug-likeness (QED) is 0.797. The van der Waals surface area contributed by atoms with Crippen molar-refractivity contribution in [2.45, 2.75) is 6.61 Å². The third kappa shape index (κ3) is 2.12. The second kappa shape index (κ2) is 4.93. The lowest BCUT2D eigenvalue weighted by Crippen LogP contribution is -2.05. The molecule has 20 heavy (non-hydrogen) atoms. The summed E-state index contributed by atoms with van der Waals surface area (Å²) < 4.78 is 7.29. The zero-order valence-electron chi connectivity index (χ0n) is 10.6. The number of nitrogens with zero attached hydrogens (tertiary/aromatic N) is 3. The molecule has 0 amide bonds. The lowest BCUT2D eigenvalue weighted by atomic mass is 10.2. The van der Waals surface area contributed by atoms with Crippen molar-refractivity contribution in [3.63, 3.8) is 0 Å². The number of hydrogen-bond acceptors (Lipinski definition) is 5. The summed E-state index contributed by atoms with van der Waals surface area (Å²) >= 11 is 1.56. The van der Waals surface area contributed by atoms with Crippen molar-refractivity contribution in [3.05, 3.63) is 40.3 Å². The van der Waals surface area contributed by atoms with Gasteiger partial charge in [-0.15, -0.1) is 11.3 Å². The van der Waals surface area contributed by atoms with Crippen LogP contribution < -0.4 is 4.74 Å². The SMILES string of the molecule is Cn1ncc2c(OCc3cccs3)c(C(=O)O)cnc21. The standard InChI is InChI=1S/C13H11N3O3S/c1-16-12-9(6-15-16)11(10(5-14-12)13(17)18)19-7-8-3-2-4-20-8/h2-6H,7H2,1H3,(H,17,18). The normalized spacial score (nSPS) is 10.8. The molecule has 0 fully saturated rings. The zero-order chi connectivity index (χ0) is 14.1. The van der Waals surface area contributed by atoms with Crippen LogP contribution in [0.4, 0.5) is 0 Å². The maximum atomic E-state index is 11.3. The number of aryl methyl sites for hydroxylation is 1. The second-order valence-electron chi connectivity index (χ2n) is 4.18. The molecule has 0 aliphatic heterocycles. The van der Waals surface area contributed by atoms with Gasteiger partial charge in [0, 0.05) is 18.1 Å². The number of carboxylic acids is 1. The fraction of sp³-hybridized carbons (Fsp3) is 0.154. The maximum Gasteiger partial charge on any atom is 0.341 e. The third-order valence-corrected chi connectivity index (χ3v) is 3.73. The highest BCUT2D eigenvalue weighted by molar-refractivity contribution is 7.09. The van der Waals surface area contributed by atoms with E-state index in [2.05, 4.69) is 10.1 Å². The van der Waals surface area contributed by atoms with Gasteiger partial charge < -0.3 is 9.84 Å². The number of rotatable bonds is 4. The number of fused-ring (bicyclic) bond motifs is 1. The number of hydrogen-bond donors (Lipinski definition) is 1. The Morgan fingerprint density at radius 2 is 2.35 bits per heavy atom. The molecule has 3 aromatic heterocycles. The van der Waals surface area contributed by atoms with Gasteiger partial charge in [0.2, 0.25) is 0 Å². The molecule has 102 valence electrons. The van der Waals surface area contributed by atoms with Gasteiger partial charge in [0.05, 0.1) is 11.6 Å². The lowest BCUT2D eigenvalue weighted by molar-refractivity contribution is 0.0691. The second-order valence-corrected chi connectivity index (χ2v) is 5.21. The minimum absolute atomic E-state index is 0.0436. The number of thiophene rings is 1. The van der Waals surface area contributed by atoms with E-state index >= 15 is 0 Å². The summed E-state index contributed by atoms with van der Waals surface area (Å²) in [5.74, 6) is -0.756. The van der Waals surface area contributed by atoms with Crippen molar-refractivity contribution in [2.24, 2.45) is 7.05 Å². The van der Waals surface area contributed by atoms with E-state index in [1.807, 2.05) is 17.5 Å². The van der Waals surface area contributed by atoms with E-state index in [9.17, 15) is 9.90 Å². The number of aromatic carboxylic acids is 1. The zero-order valence-corrected chi connectivity index (χ0v) is 11.4. The smallest absolute Gasteiger partial charge is 0.341 e. The summed E-state index contributed by atoms with van der Waals surface area (Å²) in [6, 6.07) is 3.86. The molecule has 3 heterocycles. The minimum atomic E-state index is -1.07. The number of ether oxygens (including phenoxy) is 1. The molecule has 0 atom stereocenters. The fourth-order valence-corrected chi connectivity index (χ4v) is 2.54. The molecule has 3 rings (SSSR count). The molecule has 0 aliphatic rings. The summed E-state index contributed by atoms with van der Waals surface area (Å²) in [5, 5.41) is 15.9. The molecule has 1 N–H and O–H groups in total. The van der Waals surface area contributed by atoms with Crippen LogP contribution in [0.1, 0.15) is 15.2 Å². The van der Waals surface area contributed by atoms with E-state index in [0.717, 1.165) is 4.88 Å². The van der Waals surface area contributed by atoms with E-state index in [1.165, 1.54) is 6.20 Å². The molecule has 3 aromatic rings. The van der Waals surface area contributed by atoms with E-state index in [4.69, 9.17) is 4.74 Å². The Balaban J connectivity index is 2.05. The van der Waals surface area contributed by atoms with Gasteiger partial charge in [-0.3, -0.25) is 4.68 Å². The van der Waals surface area contributed by atoms with E-state index in [-0.39, 0.29) is 5.56 Å². The van der Waals surface area contributed by atoms with Crippen LogP contribution in [0.3, 0.4) is 0 Å². The number of pyridine rings is 1. The Hall–Kier alpha value is -2.41. The Morgan fingerprint density at radius 3 is 3.05 bits per heavy atom. The summed E-state index contributed by atoms with van der Waals surface area (Å²) in [5.41, 5.74) is 0.637. The first kappa shape index (κ1) is 12.6. The molecule has 7 heteroatoms. The van der Waals surface area contributed by atoms with Crippen LogP contribution in [-0.4, -0.2) is 25.8 Å². The van der Waals surface area contributed by atoms with Crippen molar-refractivity contribution in [1.82, 2.24) is 14.8 Å². The molecular formula is C13H11N3O3S. The van der Waals surface area contributed by atoms with Gasteiger partial charge in [-0.2, -0.15) is 5.10 Å². The van der Waals surface area contributed by atoms with Crippen LogP contribution in [0.25, 0.3) is 11.0 Å². The third-order valence-electron chi connectivity index (χ3n) is 2.88. The van der Waals surface area contributed by atoms with Gasteiger partial charge in [-0.25, -0.2) is 9.78 Å². The predicted octanol–water partition coefficient (Wildman–Crippen LogP) is 2.31. The average molecular weight is 289 g/mol.